The van der Waals surface area contributed by atoms with Crippen molar-refractivity contribution in [3.05, 3.63) is 34.6 Å². The minimum Gasteiger partial charge on any atom is -0.329 e. The second-order valence-corrected chi connectivity index (χ2v) is 6.33. The molecule has 1 fully saturated rings. The number of rotatable bonds is 1. The summed E-state index contributed by atoms with van der Waals surface area (Å²) in [5.74, 6) is -0.486. The van der Waals surface area contributed by atoms with Gasteiger partial charge in [-0.05, 0) is 38.5 Å². The topological polar surface area (TPSA) is 46.3 Å². The average molecular weight is 285 g/mol. The van der Waals surface area contributed by atoms with Gasteiger partial charge >= 0.3 is 0 Å². The van der Waals surface area contributed by atoms with E-state index in [0.717, 1.165) is 0 Å². The van der Waals surface area contributed by atoms with E-state index >= 15 is 0 Å². The molecular formula is C14H18ClFN2O. The van der Waals surface area contributed by atoms with Gasteiger partial charge in [-0.15, -0.1) is 0 Å². The molecule has 1 aliphatic heterocycles. The van der Waals surface area contributed by atoms with Crippen LogP contribution in [0.2, 0.25) is 5.02 Å². The third kappa shape index (κ3) is 2.60. The van der Waals surface area contributed by atoms with E-state index in [0.29, 0.717) is 5.56 Å². The van der Waals surface area contributed by atoms with Gasteiger partial charge in [0.2, 0.25) is 5.91 Å². The Morgan fingerprint density at radius 3 is 2.58 bits per heavy atom. The molecule has 0 aromatic heterocycles. The highest BCUT2D eigenvalue weighted by molar-refractivity contribution is 6.30. The van der Waals surface area contributed by atoms with E-state index in [2.05, 4.69) is 0 Å². The van der Waals surface area contributed by atoms with Crippen LogP contribution >= 0.6 is 11.6 Å². The quantitative estimate of drug-likeness (QED) is 0.862. The molecule has 0 radical (unpaired) electrons. The fourth-order valence-corrected chi connectivity index (χ4v) is 2.76. The number of carbonyl (C=O) groups excluding carboxylic acids is 1. The van der Waals surface area contributed by atoms with Gasteiger partial charge in [0.25, 0.3) is 0 Å². The van der Waals surface area contributed by atoms with Crippen LogP contribution in [0.25, 0.3) is 0 Å². The summed E-state index contributed by atoms with van der Waals surface area (Å²) in [6.45, 7) is 5.84. The molecule has 1 heterocycles. The lowest BCUT2D eigenvalue weighted by Gasteiger charge is -2.38. The third-order valence-corrected chi connectivity index (χ3v) is 3.68. The summed E-state index contributed by atoms with van der Waals surface area (Å²) in [6.07, 6.45) is 0.284. The molecule has 1 aromatic carbocycles. The molecule has 0 bridgehead atoms. The molecule has 3 nitrogen and oxygen atoms in total. The summed E-state index contributed by atoms with van der Waals surface area (Å²) in [6, 6.07) is 3.96. The lowest BCUT2D eigenvalue weighted by molar-refractivity contribution is -0.133. The first-order chi connectivity index (χ1) is 8.71. The van der Waals surface area contributed by atoms with E-state index in [1.165, 1.54) is 12.1 Å². The summed E-state index contributed by atoms with van der Waals surface area (Å²) in [7, 11) is 0. The Kier molecular flexibility index (Phi) is 3.58. The van der Waals surface area contributed by atoms with Gasteiger partial charge in [0.05, 0.1) is 11.1 Å². The number of nitrogens with zero attached hydrogens (tertiary/aromatic N) is 1. The molecule has 2 atom stereocenters. The summed E-state index contributed by atoms with van der Waals surface area (Å²) in [5.41, 5.74) is 6.39. The minimum atomic E-state index is -0.487. The fraction of sp³-hybridized carbons (Fsp3) is 0.500. The van der Waals surface area contributed by atoms with Crippen molar-refractivity contribution >= 4 is 17.5 Å². The zero-order valence-corrected chi connectivity index (χ0v) is 12.0. The van der Waals surface area contributed by atoms with Crippen molar-refractivity contribution in [3.63, 3.8) is 0 Å². The molecule has 104 valence electrons. The first-order valence-corrected chi connectivity index (χ1v) is 6.62. The predicted octanol–water partition coefficient (Wildman–Crippen LogP) is 2.88. The fourth-order valence-electron chi connectivity index (χ4n) is 2.64. The number of halogens is 2. The maximum absolute atomic E-state index is 13.6. The highest BCUT2D eigenvalue weighted by Gasteiger charge is 2.43. The van der Waals surface area contributed by atoms with Crippen LogP contribution in [-0.2, 0) is 4.79 Å². The number of likely N-dealkylation sites (tertiary alicyclic amines) is 1. The maximum atomic E-state index is 13.6. The van der Waals surface area contributed by atoms with Crippen LogP contribution < -0.4 is 5.73 Å². The summed E-state index contributed by atoms with van der Waals surface area (Å²) >= 11 is 5.69. The molecule has 5 heteroatoms. The molecule has 0 unspecified atom stereocenters. The SMILES string of the molecule is CC(C)(C)N1C(=O)C[C@@H](N)[C@@H]1c1ccc(Cl)c(F)c1. The first kappa shape index (κ1) is 14.3. The van der Waals surface area contributed by atoms with E-state index in [9.17, 15) is 9.18 Å². The lowest BCUT2D eigenvalue weighted by atomic mass is 9.97. The minimum absolute atomic E-state index is 0.000332. The Labute approximate surface area is 117 Å². The van der Waals surface area contributed by atoms with Gasteiger partial charge < -0.3 is 10.6 Å². The molecular weight excluding hydrogens is 267 g/mol. The van der Waals surface area contributed by atoms with Crippen LogP contribution in [0.4, 0.5) is 4.39 Å². The van der Waals surface area contributed by atoms with Crippen molar-refractivity contribution in [2.24, 2.45) is 5.73 Å². The number of hydrogen-bond acceptors (Lipinski definition) is 2. The summed E-state index contributed by atoms with van der Waals surface area (Å²) in [4.78, 5) is 13.8. The van der Waals surface area contributed by atoms with E-state index in [1.54, 1.807) is 11.0 Å². The van der Waals surface area contributed by atoms with E-state index < -0.39 is 5.82 Å². The smallest absolute Gasteiger partial charge is 0.225 e. The van der Waals surface area contributed by atoms with Crippen LogP contribution in [0.1, 0.15) is 38.8 Å². The van der Waals surface area contributed by atoms with Crippen LogP contribution in [0, 0.1) is 5.82 Å². The van der Waals surface area contributed by atoms with Crippen molar-refractivity contribution in [2.45, 2.75) is 44.8 Å². The predicted molar refractivity (Wildman–Crippen MR) is 73.3 cm³/mol. The highest BCUT2D eigenvalue weighted by atomic mass is 35.5. The van der Waals surface area contributed by atoms with Crippen molar-refractivity contribution in [1.82, 2.24) is 4.90 Å². The molecule has 19 heavy (non-hydrogen) atoms. The molecule has 0 saturated carbocycles. The maximum Gasteiger partial charge on any atom is 0.225 e. The molecule has 0 spiro atoms. The number of carbonyl (C=O) groups is 1. The van der Waals surface area contributed by atoms with Crippen LogP contribution in [0.3, 0.4) is 0 Å². The second-order valence-electron chi connectivity index (χ2n) is 5.92. The third-order valence-electron chi connectivity index (χ3n) is 3.37. The van der Waals surface area contributed by atoms with Gasteiger partial charge in [-0.1, -0.05) is 17.7 Å². The number of nitrogens with two attached hydrogens (primary N) is 1. The standard InChI is InChI=1S/C14H18ClFN2O/c1-14(2,3)18-12(19)7-11(17)13(18)8-4-5-9(15)10(16)6-8/h4-6,11,13H,7,17H2,1-3H3/t11-,13+/m1/s1. The van der Waals surface area contributed by atoms with E-state index in [1.807, 2.05) is 20.8 Å². The van der Waals surface area contributed by atoms with Crippen molar-refractivity contribution in [1.29, 1.82) is 0 Å². The van der Waals surface area contributed by atoms with Gasteiger partial charge in [-0.3, -0.25) is 4.79 Å². The molecule has 1 aliphatic rings. The first-order valence-electron chi connectivity index (χ1n) is 6.24. The lowest BCUT2D eigenvalue weighted by Crippen LogP contribution is -2.45. The van der Waals surface area contributed by atoms with E-state index in [4.69, 9.17) is 17.3 Å². The number of amides is 1. The van der Waals surface area contributed by atoms with Gasteiger partial charge in [-0.25, -0.2) is 4.39 Å². The molecule has 1 aromatic rings. The van der Waals surface area contributed by atoms with Crippen molar-refractivity contribution < 1.29 is 9.18 Å². The number of benzene rings is 1. The molecule has 1 amide bonds. The summed E-state index contributed by atoms with van der Waals surface area (Å²) in [5, 5.41) is 0.0731. The zero-order chi connectivity index (χ0) is 14.4. The Balaban J connectivity index is 2.45. The van der Waals surface area contributed by atoms with Gasteiger partial charge in [-0.2, -0.15) is 0 Å². The van der Waals surface area contributed by atoms with Crippen LogP contribution in [0.5, 0.6) is 0 Å². The Hall–Kier alpha value is -1.13. The molecule has 1 saturated heterocycles. The second kappa shape index (κ2) is 4.76. The molecule has 0 aliphatic carbocycles. The largest absolute Gasteiger partial charge is 0.329 e. The average Bonchev–Trinajstić information content (AvgIpc) is 2.57. The Bertz CT molecular complexity index is 513. The normalized spacial score (nSPS) is 24.1. The van der Waals surface area contributed by atoms with Crippen LogP contribution in [-0.4, -0.2) is 22.4 Å². The van der Waals surface area contributed by atoms with Gasteiger partial charge in [0.1, 0.15) is 5.82 Å². The Morgan fingerprint density at radius 2 is 2.05 bits per heavy atom. The van der Waals surface area contributed by atoms with Crippen molar-refractivity contribution in [2.75, 3.05) is 0 Å². The van der Waals surface area contributed by atoms with Crippen molar-refractivity contribution in [3.8, 4) is 0 Å². The van der Waals surface area contributed by atoms with Gasteiger partial charge in [0, 0.05) is 18.0 Å². The monoisotopic (exact) mass is 284 g/mol. The van der Waals surface area contributed by atoms with Gasteiger partial charge in [0.15, 0.2) is 0 Å². The molecule has 2 rings (SSSR count). The van der Waals surface area contributed by atoms with Crippen LogP contribution in [0.15, 0.2) is 18.2 Å². The molecule has 2 N–H and O–H groups in total. The summed E-state index contributed by atoms with van der Waals surface area (Å²) < 4.78 is 13.6. The highest BCUT2D eigenvalue weighted by Crippen LogP contribution is 2.38. The zero-order valence-electron chi connectivity index (χ0n) is 11.3. The van der Waals surface area contributed by atoms with E-state index in [-0.39, 0.29) is 35.0 Å². The Morgan fingerprint density at radius 1 is 1.42 bits per heavy atom. The number of hydrogen-bond donors (Lipinski definition) is 1.